The molecule has 0 saturated heterocycles. The van der Waals surface area contributed by atoms with Crippen LogP contribution in [0.4, 0.5) is 5.69 Å². The first kappa shape index (κ1) is 19.5. The van der Waals surface area contributed by atoms with Gasteiger partial charge in [-0.05, 0) is 0 Å². The van der Waals surface area contributed by atoms with Gasteiger partial charge in [-0.25, -0.2) is 0 Å². The maximum atomic E-state index is 10.6. The Bertz CT molecular complexity index is 505. The van der Waals surface area contributed by atoms with E-state index in [0.29, 0.717) is 5.69 Å². The number of anilines is 1. The normalized spacial score (nSPS) is 13.1. The van der Waals surface area contributed by atoms with Crippen molar-refractivity contribution in [2.45, 2.75) is 0 Å². The van der Waals surface area contributed by atoms with E-state index in [2.05, 4.69) is 23.7 Å². The van der Waals surface area contributed by atoms with E-state index in [-0.39, 0.29) is 0 Å². The quantitative estimate of drug-likeness (QED) is 0.281. The first-order valence-corrected chi connectivity index (χ1v) is 15.9. The van der Waals surface area contributed by atoms with Gasteiger partial charge in [0.2, 0.25) is 0 Å². The Morgan fingerprint density at radius 2 is 1.86 bits per heavy atom. The molecular weight excluding hydrogens is 411 g/mol. The van der Waals surface area contributed by atoms with Crippen LogP contribution in [-0.4, -0.2) is 55.0 Å². The molecule has 0 fully saturated rings. The van der Waals surface area contributed by atoms with Crippen LogP contribution in [0.25, 0.3) is 0 Å². The molecule has 0 saturated carbocycles. The van der Waals surface area contributed by atoms with E-state index in [1.165, 1.54) is 4.35 Å². The predicted molar refractivity (Wildman–Crippen MR) is 97.7 cm³/mol. The molecule has 0 aromatic heterocycles. The molecule has 0 aliphatic carbocycles. The van der Waals surface area contributed by atoms with E-state index < -0.39 is 28.3 Å². The Kier molecular flexibility index (Phi) is 9.59. The summed E-state index contributed by atoms with van der Waals surface area (Å²) in [4.78, 5) is 0. The monoisotopic (exact) mass is 431 g/mol. The Morgan fingerprint density at radius 1 is 1.24 bits per heavy atom. The summed E-state index contributed by atoms with van der Waals surface area (Å²) < 4.78 is 33.1. The van der Waals surface area contributed by atoms with Gasteiger partial charge >= 0.3 is 143 Å². The van der Waals surface area contributed by atoms with E-state index >= 15 is 0 Å². The first-order chi connectivity index (χ1) is 9.96. The maximum absolute atomic E-state index is 10.6. The van der Waals surface area contributed by atoms with Crippen LogP contribution >= 0.6 is 20.0 Å². The van der Waals surface area contributed by atoms with Crippen LogP contribution in [0, 0.1) is 0 Å². The summed E-state index contributed by atoms with van der Waals surface area (Å²) in [5.74, 6) is 2.53. The molecule has 0 spiro atoms. The topological polar surface area (TPSA) is 96.9 Å². The van der Waals surface area contributed by atoms with Gasteiger partial charge in [0, 0.05) is 0 Å². The van der Waals surface area contributed by atoms with Crippen molar-refractivity contribution in [3.63, 3.8) is 0 Å². The zero-order valence-corrected chi connectivity index (χ0v) is 16.8. The average Bonchev–Trinajstić information content (AvgIpc) is 2.45. The molecular formula is C11H20AsN2O3S4+. The summed E-state index contributed by atoms with van der Waals surface area (Å²) in [5, 5.41) is 2.62. The first-order valence-electron chi connectivity index (χ1n) is 6.23. The molecule has 1 atom stereocenters. The Labute approximate surface area is 142 Å². The van der Waals surface area contributed by atoms with Gasteiger partial charge in [0.05, 0.1) is 0 Å². The molecule has 0 amide bonds. The van der Waals surface area contributed by atoms with Crippen molar-refractivity contribution >= 4 is 65.2 Å². The molecule has 0 bridgehead atoms. The van der Waals surface area contributed by atoms with E-state index in [9.17, 15) is 13.0 Å². The van der Waals surface area contributed by atoms with Gasteiger partial charge in [0.15, 0.2) is 0 Å². The van der Waals surface area contributed by atoms with Crippen LogP contribution in [0.15, 0.2) is 24.3 Å². The van der Waals surface area contributed by atoms with E-state index in [4.69, 9.17) is 0 Å². The van der Waals surface area contributed by atoms with Crippen molar-refractivity contribution in [2.24, 2.45) is 0 Å². The van der Waals surface area contributed by atoms with Crippen LogP contribution in [0.1, 0.15) is 0 Å². The Balaban J connectivity index is 2.67. The standard InChI is InChI=1S/C11H19AsN2O3S4/c13-5-7-19-12(20-8-6-18)10-1-3-11(4-2-10)14-9-21(15,16)17/h1-4,14,18H,5-9,13H2,(H,15,16,17)/p+1. The number of benzene rings is 1. The van der Waals surface area contributed by atoms with Gasteiger partial charge in [-0.3, -0.25) is 0 Å². The van der Waals surface area contributed by atoms with Crippen LogP contribution in [0.5, 0.6) is 0 Å². The van der Waals surface area contributed by atoms with Gasteiger partial charge in [0.1, 0.15) is 0 Å². The predicted octanol–water partition coefficient (Wildman–Crippen LogP) is -0.984. The number of nitrogens with one attached hydrogen (secondary N) is 1. The summed E-state index contributed by atoms with van der Waals surface area (Å²) in [6.07, 6.45) is 0. The van der Waals surface area contributed by atoms with Crippen LogP contribution in [-0.2, 0) is 22.7 Å². The van der Waals surface area contributed by atoms with Crippen LogP contribution < -0.4 is 15.4 Å². The third-order valence-corrected chi connectivity index (χ3v) is 16.9. The Hall–Kier alpha value is 0.498. The minimum atomic E-state index is -4.25. The van der Waals surface area contributed by atoms with E-state index in [1.54, 1.807) is 0 Å². The second-order valence-corrected chi connectivity index (χ2v) is 17.6. The second-order valence-electron chi connectivity index (χ2n) is 3.95. The van der Waals surface area contributed by atoms with E-state index in [1.807, 2.05) is 44.3 Å². The number of hydrogen-bond acceptors (Lipinski definition) is 6. The number of quaternary nitrogens is 1. The van der Waals surface area contributed by atoms with Gasteiger partial charge < -0.3 is 0 Å². The second kappa shape index (κ2) is 10.3. The molecule has 1 aromatic carbocycles. The zero-order valence-electron chi connectivity index (χ0n) is 11.4. The fourth-order valence-electron chi connectivity index (χ4n) is 1.34. The molecule has 1 rings (SSSR count). The van der Waals surface area contributed by atoms with Gasteiger partial charge in [0.25, 0.3) is 0 Å². The van der Waals surface area contributed by atoms with E-state index in [0.717, 1.165) is 23.8 Å². The van der Waals surface area contributed by atoms with Crippen molar-refractivity contribution in [3.05, 3.63) is 24.3 Å². The van der Waals surface area contributed by atoms with Crippen molar-refractivity contribution in [3.8, 4) is 0 Å². The molecule has 5 nitrogen and oxygen atoms in total. The molecule has 0 heterocycles. The van der Waals surface area contributed by atoms with Crippen molar-refractivity contribution in [1.82, 2.24) is 0 Å². The number of rotatable bonds is 10. The number of hydrogen-bond donors (Lipinski definition) is 2. The van der Waals surface area contributed by atoms with Crippen molar-refractivity contribution in [2.75, 3.05) is 35.0 Å². The molecule has 1 aromatic rings. The minimum absolute atomic E-state index is 0.581. The van der Waals surface area contributed by atoms with Gasteiger partial charge in [-0.2, -0.15) is 0 Å². The average molecular weight is 431 g/mol. The Morgan fingerprint density at radius 3 is 2.38 bits per heavy atom. The summed E-state index contributed by atoms with van der Waals surface area (Å²) in [6.45, 7) is 0.922. The van der Waals surface area contributed by atoms with Crippen LogP contribution in [0.3, 0.4) is 0 Å². The molecule has 10 heteroatoms. The molecule has 0 aliphatic rings. The van der Waals surface area contributed by atoms with Gasteiger partial charge in [-0.1, -0.05) is 0 Å². The summed E-state index contributed by atoms with van der Waals surface area (Å²) in [5.41, 5.74) is 4.53. The van der Waals surface area contributed by atoms with Crippen LogP contribution in [0.2, 0.25) is 0 Å². The van der Waals surface area contributed by atoms with Crippen molar-refractivity contribution < 1.29 is 18.7 Å². The zero-order chi connectivity index (χ0) is 15.7. The summed E-state index contributed by atoms with van der Waals surface area (Å²) in [7, 11) is -0.245. The SMILES string of the molecule is [NH3+]CCS[As](SCC[SH2+])c1ccc(NCS(=O)(=O)[O-])cc1. The molecule has 0 aliphatic heterocycles. The fraction of sp³-hybridized carbons (Fsp3) is 0.455. The third kappa shape index (κ3) is 8.64. The fourth-order valence-corrected chi connectivity index (χ4v) is 15.4. The molecule has 0 radical (unpaired) electrons. The molecule has 120 valence electrons. The summed E-state index contributed by atoms with van der Waals surface area (Å²) >= 11 is 2.28. The van der Waals surface area contributed by atoms with Gasteiger partial charge in [-0.15, -0.1) is 0 Å². The third-order valence-electron chi connectivity index (χ3n) is 2.19. The van der Waals surface area contributed by atoms with Crippen molar-refractivity contribution in [1.29, 1.82) is 0 Å². The molecule has 1 unspecified atom stereocenters. The molecule has 21 heavy (non-hydrogen) atoms. The molecule has 4 N–H and O–H groups in total. The summed E-state index contributed by atoms with van der Waals surface area (Å²) in [6, 6.07) is 7.72.